The van der Waals surface area contributed by atoms with Crippen LogP contribution in [0.3, 0.4) is 0 Å². The SMILES string of the molecule is O=C(O)NCCNC(=O)c1ccc(Nc2nc3cccc(-c4cccc(Cl)c4)n3n2)cc1. The molecule has 4 rings (SSSR count). The maximum Gasteiger partial charge on any atom is 0.404 e. The summed E-state index contributed by atoms with van der Waals surface area (Å²) in [4.78, 5) is 27.1. The second-order valence-electron chi connectivity index (χ2n) is 6.82. The molecule has 0 spiro atoms. The number of benzene rings is 2. The summed E-state index contributed by atoms with van der Waals surface area (Å²) in [6.07, 6.45) is -1.13. The molecule has 0 fully saturated rings. The molecule has 0 saturated carbocycles. The van der Waals surface area contributed by atoms with Crippen LogP contribution in [0, 0.1) is 0 Å². The van der Waals surface area contributed by atoms with Gasteiger partial charge in [0.25, 0.3) is 5.91 Å². The van der Waals surface area contributed by atoms with Crippen molar-refractivity contribution in [1.29, 1.82) is 0 Å². The second-order valence-corrected chi connectivity index (χ2v) is 7.25. The van der Waals surface area contributed by atoms with Gasteiger partial charge in [0.15, 0.2) is 5.65 Å². The van der Waals surface area contributed by atoms with E-state index in [-0.39, 0.29) is 19.0 Å². The zero-order chi connectivity index (χ0) is 22.5. The van der Waals surface area contributed by atoms with Gasteiger partial charge < -0.3 is 21.1 Å². The number of rotatable bonds is 7. The van der Waals surface area contributed by atoms with E-state index in [9.17, 15) is 9.59 Å². The van der Waals surface area contributed by atoms with Crippen molar-refractivity contribution in [2.24, 2.45) is 0 Å². The highest BCUT2D eigenvalue weighted by Crippen LogP contribution is 2.24. The lowest BCUT2D eigenvalue weighted by Crippen LogP contribution is -2.33. The zero-order valence-electron chi connectivity index (χ0n) is 16.7. The number of carbonyl (C=O) groups is 2. The molecule has 2 heterocycles. The van der Waals surface area contributed by atoms with Gasteiger partial charge in [0.2, 0.25) is 5.95 Å². The average molecular weight is 451 g/mol. The first-order chi connectivity index (χ1) is 15.5. The van der Waals surface area contributed by atoms with Crippen LogP contribution in [0.1, 0.15) is 10.4 Å². The Bertz CT molecular complexity index is 1270. The molecule has 162 valence electrons. The van der Waals surface area contributed by atoms with Crippen LogP contribution >= 0.6 is 11.6 Å². The maximum atomic E-state index is 12.1. The second kappa shape index (κ2) is 9.36. The number of halogens is 1. The number of anilines is 2. The molecule has 2 aromatic heterocycles. The number of amides is 2. The van der Waals surface area contributed by atoms with Gasteiger partial charge in [-0.3, -0.25) is 4.79 Å². The highest BCUT2D eigenvalue weighted by molar-refractivity contribution is 6.30. The molecular weight excluding hydrogens is 432 g/mol. The van der Waals surface area contributed by atoms with Crippen LogP contribution < -0.4 is 16.0 Å². The summed E-state index contributed by atoms with van der Waals surface area (Å²) >= 11 is 6.13. The van der Waals surface area contributed by atoms with Gasteiger partial charge in [-0.15, -0.1) is 5.10 Å². The number of aromatic nitrogens is 3. The monoisotopic (exact) mass is 450 g/mol. The Morgan fingerprint density at radius 1 is 0.969 bits per heavy atom. The van der Waals surface area contributed by atoms with Crippen LogP contribution in [-0.2, 0) is 0 Å². The molecule has 4 aromatic rings. The summed E-state index contributed by atoms with van der Waals surface area (Å²) < 4.78 is 1.74. The third-order valence-electron chi connectivity index (χ3n) is 4.57. The van der Waals surface area contributed by atoms with Gasteiger partial charge in [-0.2, -0.15) is 4.98 Å². The molecule has 9 nitrogen and oxygen atoms in total. The van der Waals surface area contributed by atoms with Crippen molar-refractivity contribution < 1.29 is 14.7 Å². The highest BCUT2D eigenvalue weighted by atomic mass is 35.5. The Labute approximate surface area is 188 Å². The predicted molar refractivity (Wildman–Crippen MR) is 122 cm³/mol. The van der Waals surface area contributed by atoms with Crippen LogP contribution in [0.4, 0.5) is 16.4 Å². The molecule has 0 aliphatic carbocycles. The fourth-order valence-corrected chi connectivity index (χ4v) is 3.30. The Morgan fingerprint density at radius 2 is 1.72 bits per heavy atom. The first kappa shape index (κ1) is 21.1. The van der Waals surface area contributed by atoms with Gasteiger partial charge >= 0.3 is 6.09 Å². The summed E-state index contributed by atoms with van der Waals surface area (Å²) in [6.45, 7) is 0.336. The van der Waals surface area contributed by atoms with E-state index in [1.54, 1.807) is 28.8 Å². The Balaban J connectivity index is 1.46. The lowest BCUT2D eigenvalue weighted by Gasteiger charge is -2.06. The summed E-state index contributed by atoms with van der Waals surface area (Å²) in [5.74, 6) is 0.122. The smallest absolute Gasteiger partial charge is 0.404 e. The Hall–Kier alpha value is -4.11. The molecule has 0 bridgehead atoms. The van der Waals surface area contributed by atoms with E-state index in [2.05, 4.69) is 26.0 Å². The van der Waals surface area contributed by atoms with Gasteiger partial charge in [-0.1, -0.05) is 29.8 Å². The first-order valence-corrected chi connectivity index (χ1v) is 10.1. The van der Waals surface area contributed by atoms with Gasteiger partial charge in [0.1, 0.15) is 0 Å². The van der Waals surface area contributed by atoms with E-state index in [1.165, 1.54) is 0 Å². The van der Waals surface area contributed by atoms with E-state index in [0.29, 0.717) is 27.9 Å². The molecule has 4 N–H and O–H groups in total. The lowest BCUT2D eigenvalue weighted by atomic mass is 10.1. The molecule has 0 radical (unpaired) electrons. The number of hydrogen-bond donors (Lipinski definition) is 4. The van der Waals surface area contributed by atoms with Gasteiger partial charge in [0, 0.05) is 34.9 Å². The Kier molecular flexibility index (Phi) is 6.18. The molecule has 0 aliphatic heterocycles. The first-order valence-electron chi connectivity index (χ1n) is 9.73. The summed E-state index contributed by atoms with van der Waals surface area (Å²) in [5, 5.41) is 21.7. The predicted octanol–water partition coefficient (Wildman–Crippen LogP) is 3.79. The van der Waals surface area contributed by atoms with Crippen molar-refractivity contribution in [2.45, 2.75) is 0 Å². The standard InChI is InChI=1S/C22H19ClN6O3/c23-16-4-1-3-15(13-16)18-5-2-6-19-27-21(28-29(18)19)26-17-9-7-14(8-10-17)20(30)24-11-12-25-22(31)32/h1-10,13,25H,11-12H2,(H,24,30)(H,26,28)(H,31,32). The van der Waals surface area contributed by atoms with Crippen LogP contribution in [0.25, 0.3) is 16.9 Å². The van der Waals surface area contributed by atoms with Crippen molar-refractivity contribution in [2.75, 3.05) is 18.4 Å². The molecule has 10 heteroatoms. The number of carboxylic acid groups (broad SMARTS) is 1. The number of pyridine rings is 1. The van der Waals surface area contributed by atoms with Crippen molar-refractivity contribution in [3.63, 3.8) is 0 Å². The normalized spacial score (nSPS) is 10.7. The lowest BCUT2D eigenvalue weighted by molar-refractivity contribution is 0.0953. The van der Waals surface area contributed by atoms with E-state index in [4.69, 9.17) is 16.7 Å². The van der Waals surface area contributed by atoms with Gasteiger partial charge in [-0.05, 0) is 48.5 Å². The number of nitrogens with one attached hydrogen (secondary N) is 3. The molecule has 0 atom stereocenters. The summed E-state index contributed by atoms with van der Waals surface area (Å²) in [6, 6.07) is 20.0. The van der Waals surface area contributed by atoms with Crippen molar-refractivity contribution >= 4 is 40.9 Å². The molecule has 2 aromatic carbocycles. The fraction of sp³-hybridized carbons (Fsp3) is 0.0909. The summed E-state index contributed by atoms with van der Waals surface area (Å²) in [7, 11) is 0. The molecule has 2 amide bonds. The van der Waals surface area contributed by atoms with E-state index < -0.39 is 6.09 Å². The van der Waals surface area contributed by atoms with E-state index in [0.717, 1.165) is 11.3 Å². The number of nitrogens with zero attached hydrogens (tertiary/aromatic N) is 3. The van der Waals surface area contributed by atoms with Gasteiger partial charge in [-0.25, -0.2) is 9.31 Å². The average Bonchev–Trinajstić information content (AvgIpc) is 3.19. The third-order valence-corrected chi connectivity index (χ3v) is 4.81. The molecule has 0 saturated heterocycles. The minimum atomic E-state index is -1.13. The number of fused-ring (bicyclic) bond motifs is 1. The number of carbonyl (C=O) groups excluding carboxylic acids is 1. The topological polar surface area (TPSA) is 121 Å². The minimum Gasteiger partial charge on any atom is -0.465 e. The quantitative estimate of drug-likeness (QED) is 0.318. The molecular formula is C22H19ClN6O3. The highest BCUT2D eigenvalue weighted by Gasteiger charge is 2.10. The molecule has 0 aliphatic rings. The van der Waals surface area contributed by atoms with Crippen molar-refractivity contribution in [3.8, 4) is 11.3 Å². The number of hydrogen-bond acceptors (Lipinski definition) is 5. The largest absolute Gasteiger partial charge is 0.465 e. The summed E-state index contributed by atoms with van der Waals surface area (Å²) in [5.41, 5.74) is 3.63. The van der Waals surface area contributed by atoms with Crippen LogP contribution in [0.5, 0.6) is 0 Å². The third kappa shape index (κ3) is 4.96. The zero-order valence-corrected chi connectivity index (χ0v) is 17.5. The van der Waals surface area contributed by atoms with Gasteiger partial charge in [0.05, 0.1) is 5.69 Å². The van der Waals surface area contributed by atoms with Crippen molar-refractivity contribution in [3.05, 3.63) is 77.3 Å². The maximum absolute atomic E-state index is 12.1. The van der Waals surface area contributed by atoms with Crippen LogP contribution in [-0.4, -0.2) is 44.8 Å². The van der Waals surface area contributed by atoms with Crippen LogP contribution in [0.2, 0.25) is 5.02 Å². The Morgan fingerprint density at radius 3 is 2.47 bits per heavy atom. The van der Waals surface area contributed by atoms with E-state index >= 15 is 0 Å². The molecule has 32 heavy (non-hydrogen) atoms. The van der Waals surface area contributed by atoms with Crippen LogP contribution in [0.15, 0.2) is 66.7 Å². The van der Waals surface area contributed by atoms with E-state index in [1.807, 2.05) is 42.5 Å². The minimum absolute atomic E-state index is 0.136. The fourth-order valence-electron chi connectivity index (χ4n) is 3.11. The molecule has 0 unspecified atom stereocenters. The van der Waals surface area contributed by atoms with Crippen molar-refractivity contribution in [1.82, 2.24) is 25.2 Å².